The van der Waals surface area contributed by atoms with Gasteiger partial charge in [0.25, 0.3) is 0 Å². The first-order valence-corrected chi connectivity index (χ1v) is 15.5. The molecule has 0 aromatic rings. The molecule has 0 aromatic carbocycles. The maximum absolute atomic E-state index is 12.3. The molecule has 3 N–H and O–H groups in total. The second kappa shape index (κ2) is 8.09. The van der Waals surface area contributed by atoms with Crippen molar-refractivity contribution in [2.75, 3.05) is 6.54 Å². The van der Waals surface area contributed by atoms with E-state index in [0.717, 1.165) is 0 Å². The molecule has 0 bridgehead atoms. The zero-order chi connectivity index (χ0) is 22.6. The fourth-order valence-corrected chi connectivity index (χ4v) is 21.8. The zero-order valence-corrected chi connectivity index (χ0v) is 21.6. The van der Waals surface area contributed by atoms with Gasteiger partial charge in [0.15, 0.2) is 6.23 Å². The topological polar surface area (TPSA) is 94.8 Å². The van der Waals surface area contributed by atoms with Gasteiger partial charge in [-0.1, -0.05) is 55.4 Å². The Balaban J connectivity index is 2.21. The number of rotatable bonds is 5. The molecule has 3 heterocycles. The SMILES string of the molecule is CC(C)[Si]1(C(C)C)O[Si](C(C)C)(C(C)C)[C@@]2(O)[C@H](O[C@@H](N3C=NC=CC3)[C@H]2O)C1O. The van der Waals surface area contributed by atoms with Crippen LogP contribution in [0.2, 0.25) is 22.2 Å². The van der Waals surface area contributed by atoms with Crippen molar-refractivity contribution in [3.05, 3.63) is 12.3 Å². The van der Waals surface area contributed by atoms with Gasteiger partial charge in [-0.05, 0) is 28.2 Å². The van der Waals surface area contributed by atoms with Crippen molar-refractivity contribution in [2.45, 2.75) is 107 Å². The van der Waals surface area contributed by atoms with Gasteiger partial charge in [0, 0.05) is 12.7 Å². The molecule has 2 fully saturated rings. The molecular weight excluding hydrogens is 416 g/mol. The molecule has 0 aliphatic carbocycles. The molecule has 3 rings (SSSR count). The highest BCUT2D eigenvalue weighted by Crippen LogP contribution is 2.59. The predicted molar refractivity (Wildman–Crippen MR) is 123 cm³/mol. The Hall–Kier alpha value is -0.556. The summed E-state index contributed by atoms with van der Waals surface area (Å²) >= 11 is 0. The second-order valence-electron chi connectivity index (χ2n) is 10.4. The molecule has 0 radical (unpaired) electrons. The van der Waals surface area contributed by atoms with Crippen molar-refractivity contribution in [2.24, 2.45) is 4.99 Å². The van der Waals surface area contributed by atoms with Gasteiger partial charge in [-0.2, -0.15) is 0 Å². The van der Waals surface area contributed by atoms with Gasteiger partial charge in [0.1, 0.15) is 23.2 Å². The van der Waals surface area contributed by atoms with Crippen LogP contribution in [-0.4, -0.2) is 79.1 Å². The highest BCUT2D eigenvalue weighted by molar-refractivity contribution is 6.93. The van der Waals surface area contributed by atoms with Crippen molar-refractivity contribution < 1.29 is 24.2 Å². The van der Waals surface area contributed by atoms with E-state index in [1.807, 2.05) is 6.08 Å². The van der Waals surface area contributed by atoms with Gasteiger partial charge < -0.3 is 29.1 Å². The van der Waals surface area contributed by atoms with Crippen molar-refractivity contribution in [1.29, 1.82) is 0 Å². The van der Waals surface area contributed by atoms with E-state index < -0.39 is 46.0 Å². The van der Waals surface area contributed by atoms with Crippen LogP contribution in [0.15, 0.2) is 17.3 Å². The fraction of sp³-hybridized carbons (Fsp3) is 0.857. The van der Waals surface area contributed by atoms with E-state index in [1.54, 1.807) is 17.4 Å². The summed E-state index contributed by atoms with van der Waals surface area (Å²) in [5.41, 5.74) is -0.582. The molecule has 3 aliphatic heterocycles. The first kappa shape index (κ1) is 24.1. The van der Waals surface area contributed by atoms with Gasteiger partial charge in [-0.25, -0.2) is 4.99 Å². The molecule has 3 aliphatic rings. The molecule has 7 nitrogen and oxygen atoms in total. The number of hydrogen-bond acceptors (Lipinski definition) is 7. The lowest BCUT2D eigenvalue weighted by Gasteiger charge is -2.63. The minimum atomic E-state index is -3.07. The van der Waals surface area contributed by atoms with Crippen LogP contribution < -0.4 is 0 Å². The van der Waals surface area contributed by atoms with Crippen LogP contribution in [0.5, 0.6) is 0 Å². The van der Waals surface area contributed by atoms with Crippen molar-refractivity contribution in [3.63, 3.8) is 0 Å². The lowest BCUT2D eigenvalue weighted by atomic mass is 10.1. The average molecular weight is 457 g/mol. The van der Waals surface area contributed by atoms with Crippen LogP contribution >= 0.6 is 0 Å². The number of aliphatic hydroxyl groups is 3. The first-order chi connectivity index (χ1) is 13.9. The number of nitrogens with zero attached hydrogens (tertiary/aromatic N) is 2. The zero-order valence-electron chi connectivity index (χ0n) is 19.6. The summed E-state index contributed by atoms with van der Waals surface area (Å²) in [4.78, 5) is 5.96. The summed E-state index contributed by atoms with van der Waals surface area (Å²) in [6.45, 7) is 17.3. The Morgan fingerprint density at radius 3 is 2.00 bits per heavy atom. The minimum Gasteiger partial charge on any atom is -0.451 e. The quantitative estimate of drug-likeness (QED) is 0.551. The van der Waals surface area contributed by atoms with Crippen molar-refractivity contribution >= 4 is 23.0 Å². The third-order valence-corrected chi connectivity index (χ3v) is 20.6. The molecule has 172 valence electrons. The Bertz CT molecular complexity index is 683. The molecule has 1 unspecified atom stereocenters. The third-order valence-electron chi connectivity index (χ3n) is 7.73. The Morgan fingerprint density at radius 2 is 1.57 bits per heavy atom. The van der Waals surface area contributed by atoms with Crippen LogP contribution in [0, 0.1) is 0 Å². The Labute approximate surface area is 183 Å². The van der Waals surface area contributed by atoms with E-state index in [2.05, 4.69) is 60.4 Å². The standard InChI is InChI=1S/C21H40N2O5Si2/c1-13(2)29(14(3)4)20(25)18-21(26,30(28-29,15(5)6)16(7)8)17(24)19(27-18)23-11-9-10-22-12-23/h9-10,12-20,24-26H,11H2,1-8H3/t17-,18-,19-,20?,21-/m1/s1. The van der Waals surface area contributed by atoms with E-state index in [-0.39, 0.29) is 22.2 Å². The highest BCUT2D eigenvalue weighted by atomic mass is 28.4. The highest BCUT2D eigenvalue weighted by Gasteiger charge is 2.79. The number of hydrogen-bond donors (Lipinski definition) is 3. The predicted octanol–water partition coefficient (Wildman–Crippen LogP) is 2.66. The van der Waals surface area contributed by atoms with Gasteiger partial charge >= 0.3 is 0 Å². The van der Waals surface area contributed by atoms with Crippen LogP contribution in [0.1, 0.15) is 55.4 Å². The van der Waals surface area contributed by atoms with Gasteiger partial charge in [0.05, 0.1) is 6.34 Å². The number of aliphatic imine (C=N–C) groups is 1. The summed E-state index contributed by atoms with van der Waals surface area (Å²) in [5.74, 6) is 0. The largest absolute Gasteiger partial charge is 0.451 e. The normalized spacial score (nSPS) is 37.6. The summed E-state index contributed by atoms with van der Waals surface area (Å²) in [5, 5.41) is 34.0. The lowest BCUT2D eigenvalue weighted by molar-refractivity contribution is -0.0962. The maximum atomic E-state index is 12.3. The van der Waals surface area contributed by atoms with Gasteiger partial charge in [0.2, 0.25) is 16.6 Å². The summed E-state index contributed by atoms with van der Waals surface area (Å²) in [7, 11) is -5.86. The molecule has 9 heteroatoms. The third kappa shape index (κ3) is 2.97. The Morgan fingerprint density at radius 1 is 1.00 bits per heavy atom. The lowest BCUT2D eigenvalue weighted by Crippen LogP contribution is -2.84. The van der Waals surface area contributed by atoms with E-state index in [1.165, 1.54) is 0 Å². The molecule has 0 spiro atoms. The molecule has 0 aromatic heterocycles. The monoisotopic (exact) mass is 456 g/mol. The summed E-state index contributed by atoms with van der Waals surface area (Å²) < 4.78 is 13.6. The Kier molecular flexibility index (Phi) is 6.50. The van der Waals surface area contributed by atoms with Crippen LogP contribution in [0.3, 0.4) is 0 Å². The first-order valence-electron chi connectivity index (χ1n) is 11.3. The molecule has 0 saturated carbocycles. The number of aliphatic hydroxyl groups excluding tert-OH is 2. The molecule has 0 amide bonds. The summed E-state index contributed by atoms with van der Waals surface area (Å²) in [6, 6.07) is 0. The number of ether oxygens (including phenoxy) is 1. The summed E-state index contributed by atoms with van der Waals surface area (Å²) in [6.07, 6.45) is 2.36. The van der Waals surface area contributed by atoms with Gasteiger partial charge in [-0.15, -0.1) is 0 Å². The van der Waals surface area contributed by atoms with E-state index in [4.69, 9.17) is 8.85 Å². The molecule has 2 saturated heterocycles. The molecular formula is C21H40N2O5Si2. The minimum absolute atomic E-state index is 0.0359. The fourth-order valence-electron chi connectivity index (χ4n) is 6.40. The van der Waals surface area contributed by atoms with E-state index in [9.17, 15) is 15.3 Å². The van der Waals surface area contributed by atoms with Crippen LogP contribution in [0.25, 0.3) is 0 Å². The van der Waals surface area contributed by atoms with E-state index in [0.29, 0.717) is 6.54 Å². The van der Waals surface area contributed by atoms with Crippen LogP contribution in [0.4, 0.5) is 0 Å². The van der Waals surface area contributed by atoms with Crippen LogP contribution in [-0.2, 0) is 8.85 Å². The maximum Gasteiger partial charge on any atom is 0.224 e. The molecule has 5 atom stereocenters. The number of fused-ring (bicyclic) bond motifs is 1. The molecule has 30 heavy (non-hydrogen) atoms. The smallest absolute Gasteiger partial charge is 0.224 e. The van der Waals surface area contributed by atoms with Crippen molar-refractivity contribution in [3.8, 4) is 0 Å². The second-order valence-corrected chi connectivity index (χ2v) is 20.5. The van der Waals surface area contributed by atoms with Gasteiger partial charge in [-0.3, -0.25) is 0 Å². The average Bonchev–Trinajstić information content (AvgIpc) is 2.94. The van der Waals surface area contributed by atoms with Crippen molar-refractivity contribution in [1.82, 2.24) is 4.90 Å². The van der Waals surface area contributed by atoms with E-state index >= 15 is 0 Å².